The number of unbranched alkanes of at least 4 members (excludes halogenated alkanes) is 6. The first kappa shape index (κ1) is 21.1. The molecule has 0 aromatic heterocycles. The predicted molar refractivity (Wildman–Crippen MR) is 102 cm³/mol. The second kappa shape index (κ2) is 12.5. The van der Waals surface area contributed by atoms with Crippen molar-refractivity contribution in [2.75, 3.05) is 13.6 Å². The molecule has 0 amide bonds. The standard InChI is InChI=1S/C19H33NO3S/c1-4-6-7-8-9-10-11-12-17-13-14-19(23-24(21)22)18(15-17)16-20(3)5-2/h13-15H,4-12,16H2,1-3H3,(H,21,22). The molecule has 1 rings (SSSR count). The van der Waals surface area contributed by atoms with Gasteiger partial charge in [0.25, 0.3) is 0 Å². The van der Waals surface area contributed by atoms with Crippen molar-refractivity contribution in [1.29, 1.82) is 0 Å². The van der Waals surface area contributed by atoms with Gasteiger partial charge in [-0.1, -0.05) is 64.5 Å². The third-order valence-corrected chi connectivity index (χ3v) is 4.66. The van der Waals surface area contributed by atoms with E-state index in [0.29, 0.717) is 12.3 Å². The van der Waals surface area contributed by atoms with Gasteiger partial charge in [0.05, 0.1) is 0 Å². The van der Waals surface area contributed by atoms with Crippen LogP contribution in [-0.2, 0) is 24.3 Å². The molecule has 1 unspecified atom stereocenters. The van der Waals surface area contributed by atoms with Crippen LogP contribution >= 0.6 is 0 Å². The summed E-state index contributed by atoms with van der Waals surface area (Å²) in [5.41, 5.74) is 2.25. The van der Waals surface area contributed by atoms with Gasteiger partial charge in [-0.25, -0.2) is 0 Å². The van der Waals surface area contributed by atoms with Crippen molar-refractivity contribution in [2.45, 2.75) is 71.8 Å². The number of hydrogen-bond acceptors (Lipinski definition) is 3. The maximum Gasteiger partial charge on any atom is 0.357 e. The Hall–Kier alpha value is -0.910. The molecule has 0 aliphatic rings. The Balaban J connectivity index is 2.55. The summed E-state index contributed by atoms with van der Waals surface area (Å²) in [6, 6.07) is 5.95. The van der Waals surface area contributed by atoms with E-state index in [-0.39, 0.29) is 0 Å². The van der Waals surface area contributed by atoms with Gasteiger partial charge in [-0.15, -0.1) is 0 Å². The lowest BCUT2D eigenvalue weighted by atomic mass is 10.0. The highest BCUT2D eigenvalue weighted by Crippen LogP contribution is 2.23. The molecule has 0 aliphatic carbocycles. The minimum atomic E-state index is -2.28. The second-order valence-corrected chi connectivity index (χ2v) is 7.05. The van der Waals surface area contributed by atoms with Gasteiger partial charge in [0.1, 0.15) is 5.75 Å². The highest BCUT2D eigenvalue weighted by Gasteiger charge is 2.10. The average Bonchev–Trinajstić information content (AvgIpc) is 2.55. The van der Waals surface area contributed by atoms with Crippen LogP contribution in [0.4, 0.5) is 0 Å². The van der Waals surface area contributed by atoms with Crippen molar-refractivity contribution >= 4 is 11.4 Å². The zero-order valence-corrected chi connectivity index (χ0v) is 16.2. The molecular weight excluding hydrogens is 322 g/mol. The second-order valence-electron chi connectivity index (χ2n) is 6.44. The van der Waals surface area contributed by atoms with Crippen LogP contribution in [0, 0.1) is 0 Å². The Morgan fingerprint density at radius 3 is 2.38 bits per heavy atom. The molecule has 1 N–H and O–H groups in total. The minimum absolute atomic E-state index is 0.499. The van der Waals surface area contributed by atoms with E-state index in [1.54, 1.807) is 0 Å². The van der Waals surface area contributed by atoms with Gasteiger partial charge in [0.2, 0.25) is 0 Å². The van der Waals surface area contributed by atoms with Crippen molar-refractivity contribution in [2.24, 2.45) is 0 Å². The monoisotopic (exact) mass is 355 g/mol. The van der Waals surface area contributed by atoms with Crippen molar-refractivity contribution in [1.82, 2.24) is 4.90 Å². The predicted octanol–water partition coefficient (Wildman–Crippen LogP) is 4.95. The number of nitrogens with zero attached hydrogens (tertiary/aromatic N) is 1. The molecule has 0 heterocycles. The van der Waals surface area contributed by atoms with Crippen LogP contribution in [0.5, 0.6) is 5.75 Å². The van der Waals surface area contributed by atoms with Gasteiger partial charge in [-0.2, -0.15) is 4.21 Å². The van der Waals surface area contributed by atoms with E-state index in [0.717, 1.165) is 18.5 Å². The number of aryl methyl sites for hydroxylation is 1. The third kappa shape index (κ3) is 8.81. The Bertz CT molecular complexity index is 494. The summed E-state index contributed by atoms with van der Waals surface area (Å²) < 4.78 is 25.0. The van der Waals surface area contributed by atoms with Crippen LogP contribution in [0.2, 0.25) is 0 Å². The van der Waals surface area contributed by atoms with Crippen molar-refractivity contribution in [3.8, 4) is 5.75 Å². The van der Waals surface area contributed by atoms with E-state index < -0.39 is 11.4 Å². The molecular formula is C19H33NO3S. The van der Waals surface area contributed by atoms with E-state index >= 15 is 0 Å². The minimum Gasteiger partial charge on any atom is -0.380 e. The number of benzene rings is 1. The Kier molecular flexibility index (Phi) is 11.0. The first-order chi connectivity index (χ1) is 11.6. The maximum absolute atomic E-state index is 11.0. The van der Waals surface area contributed by atoms with Crippen molar-refractivity contribution < 1.29 is 12.9 Å². The molecule has 0 saturated heterocycles. The topological polar surface area (TPSA) is 49.8 Å². The number of hydrogen-bond donors (Lipinski definition) is 1. The summed E-state index contributed by atoms with van der Waals surface area (Å²) in [5, 5.41) is 0. The van der Waals surface area contributed by atoms with Gasteiger partial charge >= 0.3 is 11.4 Å². The van der Waals surface area contributed by atoms with E-state index in [1.165, 1.54) is 50.5 Å². The summed E-state index contributed by atoms with van der Waals surface area (Å²) in [7, 11) is 2.03. The van der Waals surface area contributed by atoms with Gasteiger partial charge in [0, 0.05) is 12.1 Å². The molecule has 24 heavy (non-hydrogen) atoms. The fraction of sp³-hybridized carbons (Fsp3) is 0.684. The zero-order valence-electron chi connectivity index (χ0n) is 15.4. The Morgan fingerprint density at radius 2 is 1.75 bits per heavy atom. The molecule has 1 atom stereocenters. The van der Waals surface area contributed by atoms with Crippen molar-refractivity contribution in [3.63, 3.8) is 0 Å². The van der Waals surface area contributed by atoms with Crippen LogP contribution in [0.25, 0.3) is 0 Å². The zero-order chi connectivity index (χ0) is 17.8. The lowest BCUT2D eigenvalue weighted by Crippen LogP contribution is -2.17. The normalized spacial score (nSPS) is 12.5. The molecule has 0 radical (unpaired) electrons. The first-order valence-corrected chi connectivity index (χ1v) is 10.2. The molecule has 1 aromatic carbocycles. The molecule has 0 fully saturated rings. The highest BCUT2D eigenvalue weighted by molar-refractivity contribution is 7.74. The molecule has 0 saturated carbocycles. The summed E-state index contributed by atoms with van der Waals surface area (Å²) in [6.45, 7) is 5.97. The molecule has 0 aliphatic heterocycles. The first-order valence-electron chi connectivity index (χ1n) is 9.16. The van der Waals surface area contributed by atoms with Crippen LogP contribution in [0.3, 0.4) is 0 Å². The smallest absolute Gasteiger partial charge is 0.357 e. The van der Waals surface area contributed by atoms with E-state index in [1.807, 2.05) is 19.2 Å². The Labute approximate surface area is 150 Å². The third-order valence-electron chi connectivity index (χ3n) is 4.34. The van der Waals surface area contributed by atoms with Gasteiger partial charge in [-0.3, -0.25) is 4.55 Å². The Morgan fingerprint density at radius 1 is 1.08 bits per heavy atom. The lowest BCUT2D eigenvalue weighted by Gasteiger charge is -2.17. The summed E-state index contributed by atoms with van der Waals surface area (Å²) >= 11 is -2.28. The highest BCUT2D eigenvalue weighted by atomic mass is 32.2. The van der Waals surface area contributed by atoms with Crippen LogP contribution in [0.1, 0.15) is 69.9 Å². The largest absolute Gasteiger partial charge is 0.380 e. The molecule has 0 bridgehead atoms. The molecule has 5 heteroatoms. The average molecular weight is 356 g/mol. The number of rotatable bonds is 13. The van der Waals surface area contributed by atoms with Crippen LogP contribution in [-0.4, -0.2) is 27.3 Å². The SMILES string of the molecule is CCCCCCCCCc1ccc(OS(=O)O)c(CN(C)CC)c1. The fourth-order valence-electron chi connectivity index (χ4n) is 2.76. The van der Waals surface area contributed by atoms with E-state index in [2.05, 4.69) is 24.8 Å². The van der Waals surface area contributed by atoms with Crippen molar-refractivity contribution in [3.05, 3.63) is 29.3 Å². The van der Waals surface area contributed by atoms with E-state index in [9.17, 15) is 4.21 Å². The molecule has 138 valence electrons. The van der Waals surface area contributed by atoms with Gasteiger partial charge < -0.3 is 9.08 Å². The van der Waals surface area contributed by atoms with Gasteiger partial charge in [0.15, 0.2) is 0 Å². The maximum atomic E-state index is 11.0. The van der Waals surface area contributed by atoms with Gasteiger partial charge in [-0.05, 0) is 38.1 Å². The summed E-state index contributed by atoms with van der Waals surface area (Å²) in [5.74, 6) is 0.499. The molecule has 1 aromatic rings. The fourth-order valence-corrected chi connectivity index (χ4v) is 3.07. The lowest BCUT2D eigenvalue weighted by molar-refractivity contribution is 0.340. The molecule has 0 spiro atoms. The summed E-state index contributed by atoms with van der Waals surface area (Å²) in [6.07, 6.45) is 10.2. The van der Waals surface area contributed by atoms with Crippen LogP contribution < -0.4 is 4.18 Å². The summed E-state index contributed by atoms with van der Waals surface area (Å²) in [4.78, 5) is 2.15. The van der Waals surface area contributed by atoms with Crippen LogP contribution in [0.15, 0.2) is 18.2 Å². The quantitative estimate of drug-likeness (QED) is 0.402. The molecule has 4 nitrogen and oxygen atoms in total. The van der Waals surface area contributed by atoms with E-state index in [4.69, 9.17) is 8.74 Å².